The predicted octanol–water partition coefficient (Wildman–Crippen LogP) is 7.03. The van der Waals surface area contributed by atoms with E-state index in [-0.39, 0.29) is 24.8 Å². The SMILES string of the molecule is CCCCCCCCCCCCOCC(CC(O)[C@@H]1CC[C@@](n2cc(C)c(=O)[nH]c2=O)(P(=O)(O)O)O1)OCCCCCCCCCC. The Hall–Kier alpha value is -1.33. The molecule has 0 saturated carbocycles. The minimum absolute atomic E-state index is 0.110. The molecule has 2 rings (SSSR count). The van der Waals surface area contributed by atoms with E-state index in [0.717, 1.165) is 36.4 Å². The molecule has 4 N–H and O–H groups in total. The Labute approximate surface area is 282 Å². The van der Waals surface area contributed by atoms with Gasteiger partial charge in [-0.05, 0) is 26.2 Å². The molecular weight excluding hydrogens is 623 g/mol. The molecule has 0 amide bonds. The van der Waals surface area contributed by atoms with Gasteiger partial charge in [-0.1, -0.05) is 117 Å². The molecule has 1 aromatic rings. The molecular formula is C35H65N2O9P. The summed E-state index contributed by atoms with van der Waals surface area (Å²) >= 11 is 0. The van der Waals surface area contributed by atoms with Gasteiger partial charge in [-0.3, -0.25) is 18.9 Å². The molecule has 0 spiro atoms. The average molecular weight is 689 g/mol. The molecule has 0 aliphatic carbocycles. The predicted molar refractivity (Wildman–Crippen MR) is 186 cm³/mol. The van der Waals surface area contributed by atoms with Crippen LogP contribution in [-0.4, -0.2) is 62.6 Å². The Morgan fingerprint density at radius 3 is 1.94 bits per heavy atom. The highest BCUT2D eigenvalue weighted by Crippen LogP contribution is 2.60. The first-order chi connectivity index (χ1) is 22.6. The summed E-state index contributed by atoms with van der Waals surface area (Å²) in [6.45, 7) is 7.35. The number of rotatable bonds is 28. The Morgan fingerprint density at radius 2 is 1.40 bits per heavy atom. The molecule has 2 heterocycles. The standard InChI is InChI=1S/C35H65N2O9P/c1-4-6-8-10-12-14-15-16-18-20-24-44-28-30(45-25-21-19-17-13-11-9-7-5-2)26-31(38)32-22-23-35(46-32,47(41,42)43)37-27-29(3)33(39)36-34(37)40/h27,30-32,38H,4-26,28H2,1-3H3,(H,36,39,40)(H2,41,42,43)/t30?,31?,32-,35-/m0/s1. The molecule has 1 fully saturated rings. The molecule has 274 valence electrons. The van der Waals surface area contributed by atoms with E-state index in [1.807, 2.05) is 0 Å². The van der Waals surface area contributed by atoms with Crippen molar-refractivity contribution in [2.45, 2.75) is 179 Å². The zero-order chi connectivity index (χ0) is 34.5. The highest BCUT2D eigenvalue weighted by molar-refractivity contribution is 7.52. The number of H-pyrrole nitrogens is 1. The van der Waals surface area contributed by atoms with Gasteiger partial charge in [0, 0.05) is 37.8 Å². The molecule has 0 aromatic carbocycles. The molecule has 1 aliphatic heterocycles. The van der Waals surface area contributed by atoms with Crippen LogP contribution < -0.4 is 11.2 Å². The lowest BCUT2D eigenvalue weighted by Crippen LogP contribution is -2.45. The number of hydrogen-bond donors (Lipinski definition) is 4. The molecule has 11 nitrogen and oxygen atoms in total. The number of hydrogen-bond acceptors (Lipinski definition) is 7. The number of aliphatic hydroxyl groups is 1. The Bertz CT molecular complexity index is 1140. The van der Waals surface area contributed by atoms with Gasteiger partial charge < -0.3 is 29.1 Å². The van der Waals surface area contributed by atoms with Crippen LogP contribution in [0.15, 0.2) is 15.8 Å². The normalized spacial score (nSPS) is 19.7. The van der Waals surface area contributed by atoms with Crippen LogP contribution in [0.3, 0.4) is 0 Å². The van der Waals surface area contributed by atoms with Crippen molar-refractivity contribution in [1.82, 2.24) is 9.55 Å². The van der Waals surface area contributed by atoms with E-state index in [2.05, 4.69) is 18.8 Å². The number of nitrogens with zero attached hydrogens (tertiary/aromatic N) is 1. The smallest absolute Gasteiger partial charge is 0.378 e. The van der Waals surface area contributed by atoms with E-state index in [0.29, 0.717) is 19.8 Å². The van der Waals surface area contributed by atoms with Gasteiger partial charge in [-0.15, -0.1) is 0 Å². The van der Waals surface area contributed by atoms with Crippen molar-refractivity contribution in [2.75, 3.05) is 19.8 Å². The third-order valence-corrected chi connectivity index (χ3v) is 10.7. The van der Waals surface area contributed by atoms with Crippen molar-refractivity contribution in [1.29, 1.82) is 0 Å². The van der Waals surface area contributed by atoms with Crippen molar-refractivity contribution in [3.63, 3.8) is 0 Å². The van der Waals surface area contributed by atoms with Crippen molar-refractivity contribution < 1.29 is 33.7 Å². The summed E-state index contributed by atoms with van der Waals surface area (Å²) in [4.78, 5) is 47.3. The number of nitrogens with one attached hydrogen (secondary N) is 1. The van der Waals surface area contributed by atoms with Gasteiger partial charge in [0.05, 0.1) is 24.9 Å². The fraction of sp³-hybridized carbons (Fsp3) is 0.886. The largest absolute Gasteiger partial charge is 0.390 e. The second-order valence-corrected chi connectivity index (χ2v) is 15.2. The van der Waals surface area contributed by atoms with Gasteiger partial charge in [-0.25, -0.2) is 4.79 Å². The molecule has 47 heavy (non-hydrogen) atoms. The molecule has 12 heteroatoms. The van der Waals surface area contributed by atoms with E-state index in [9.17, 15) is 29.0 Å². The van der Waals surface area contributed by atoms with E-state index in [4.69, 9.17) is 14.2 Å². The molecule has 2 unspecified atom stereocenters. The first kappa shape index (κ1) is 41.8. The minimum atomic E-state index is -5.07. The lowest BCUT2D eigenvalue weighted by atomic mass is 10.0. The molecule has 1 saturated heterocycles. The zero-order valence-corrected chi connectivity index (χ0v) is 30.4. The first-order valence-corrected chi connectivity index (χ1v) is 20.1. The summed E-state index contributed by atoms with van der Waals surface area (Å²) < 4.78 is 31.5. The number of aliphatic hydroxyl groups excluding tert-OH is 1. The minimum Gasteiger partial charge on any atom is -0.390 e. The molecule has 1 aromatic heterocycles. The van der Waals surface area contributed by atoms with Gasteiger partial charge in [0.2, 0.25) is 0 Å². The third-order valence-electron chi connectivity index (χ3n) is 9.28. The van der Waals surface area contributed by atoms with Gasteiger partial charge in [0.15, 0.2) is 0 Å². The van der Waals surface area contributed by atoms with Crippen LogP contribution in [0, 0.1) is 6.92 Å². The van der Waals surface area contributed by atoms with Crippen molar-refractivity contribution in [3.05, 3.63) is 32.6 Å². The summed E-state index contributed by atoms with van der Waals surface area (Å²) in [6, 6.07) is 0. The lowest BCUT2D eigenvalue weighted by Gasteiger charge is -2.33. The van der Waals surface area contributed by atoms with E-state index < -0.39 is 42.6 Å². The van der Waals surface area contributed by atoms with Crippen LogP contribution in [0.5, 0.6) is 0 Å². The first-order valence-electron chi connectivity index (χ1n) is 18.5. The van der Waals surface area contributed by atoms with Crippen molar-refractivity contribution in [3.8, 4) is 0 Å². The van der Waals surface area contributed by atoms with Gasteiger partial charge in [0.1, 0.15) is 0 Å². The summed E-state index contributed by atoms with van der Waals surface area (Å²) in [6.07, 6.45) is 20.6. The summed E-state index contributed by atoms with van der Waals surface area (Å²) in [7, 11) is -5.07. The monoisotopic (exact) mass is 688 g/mol. The van der Waals surface area contributed by atoms with Gasteiger partial charge >= 0.3 is 13.3 Å². The Morgan fingerprint density at radius 1 is 0.894 bits per heavy atom. The number of unbranched alkanes of at least 4 members (excludes halogenated alkanes) is 16. The van der Waals surface area contributed by atoms with Crippen LogP contribution >= 0.6 is 7.60 Å². The van der Waals surface area contributed by atoms with Crippen molar-refractivity contribution >= 4 is 7.60 Å². The summed E-state index contributed by atoms with van der Waals surface area (Å²) in [5.74, 6) is 0. The second kappa shape index (κ2) is 23.1. The second-order valence-electron chi connectivity index (χ2n) is 13.5. The topological polar surface area (TPSA) is 160 Å². The maximum absolute atomic E-state index is 12.7. The summed E-state index contributed by atoms with van der Waals surface area (Å²) in [5.41, 5.74) is -3.83. The van der Waals surface area contributed by atoms with E-state index in [1.165, 1.54) is 96.8 Å². The van der Waals surface area contributed by atoms with E-state index in [1.54, 1.807) is 0 Å². The quantitative estimate of drug-likeness (QED) is 0.0535. The number of aromatic amines is 1. The van der Waals surface area contributed by atoms with Crippen LogP contribution in [-0.2, 0) is 24.2 Å². The number of ether oxygens (including phenoxy) is 3. The van der Waals surface area contributed by atoms with Gasteiger partial charge in [0.25, 0.3) is 11.0 Å². The van der Waals surface area contributed by atoms with Gasteiger partial charge in [-0.2, -0.15) is 0 Å². The van der Waals surface area contributed by atoms with Crippen LogP contribution in [0.1, 0.15) is 154 Å². The zero-order valence-electron chi connectivity index (χ0n) is 29.5. The number of aryl methyl sites for hydroxylation is 1. The van der Waals surface area contributed by atoms with E-state index >= 15 is 0 Å². The summed E-state index contributed by atoms with van der Waals surface area (Å²) in [5, 5.41) is 11.2. The number of aromatic nitrogens is 2. The molecule has 1 aliphatic rings. The molecule has 0 bridgehead atoms. The Balaban J connectivity index is 1.90. The lowest BCUT2D eigenvalue weighted by molar-refractivity contribution is -0.114. The maximum Gasteiger partial charge on any atom is 0.378 e. The molecule has 0 radical (unpaired) electrons. The fourth-order valence-electron chi connectivity index (χ4n) is 6.32. The van der Waals surface area contributed by atoms with Crippen molar-refractivity contribution in [2.24, 2.45) is 0 Å². The van der Waals surface area contributed by atoms with Crippen LogP contribution in [0.4, 0.5) is 0 Å². The van der Waals surface area contributed by atoms with Crippen LogP contribution in [0.2, 0.25) is 0 Å². The third kappa shape index (κ3) is 15.0. The maximum atomic E-state index is 12.7. The molecule has 4 atom stereocenters. The highest BCUT2D eigenvalue weighted by atomic mass is 31.2. The van der Waals surface area contributed by atoms with Crippen LogP contribution in [0.25, 0.3) is 0 Å². The highest BCUT2D eigenvalue weighted by Gasteiger charge is 2.57. The fourth-order valence-corrected chi connectivity index (χ4v) is 7.44. The Kier molecular flexibility index (Phi) is 20.6. The average Bonchev–Trinajstić information content (AvgIpc) is 3.49.